The maximum absolute atomic E-state index is 11.4. The molecule has 1 unspecified atom stereocenters. The van der Waals surface area contributed by atoms with Gasteiger partial charge in [-0.3, -0.25) is 4.94 Å². The van der Waals surface area contributed by atoms with Crippen molar-refractivity contribution < 1.29 is 19.1 Å². The fourth-order valence-corrected chi connectivity index (χ4v) is 1.09. The highest BCUT2D eigenvalue weighted by atomic mass is 32.2. The van der Waals surface area contributed by atoms with Gasteiger partial charge in [0.05, 0.1) is 0 Å². The molecule has 2 N–H and O–H groups in total. The first kappa shape index (κ1) is 11.4. The quantitative estimate of drug-likeness (QED) is 0.496. The van der Waals surface area contributed by atoms with E-state index < -0.39 is 11.5 Å². The van der Waals surface area contributed by atoms with Gasteiger partial charge in [-0.2, -0.15) is 11.8 Å². The summed E-state index contributed by atoms with van der Waals surface area (Å²) in [5.41, 5.74) is 3.41. The van der Waals surface area contributed by atoms with Gasteiger partial charge in [0, 0.05) is 4.53 Å². The first-order valence-corrected chi connectivity index (χ1v) is 4.57. The lowest BCUT2D eigenvalue weighted by molar-refractivity contribution is -0.190. The highest BCUT2D eigenvalue weighted by Gasteiger charge is 2.36. The highest BCUT2D eigenvalue weighted by Crippen LogP contribution is 2.10. The molecule has 0 spiro atoms. The molecule has 1 atom stereocenters. The van der Waals surface area contributed by atoms with Crippen LogP contribution in [-0.2, 0) is 14.5 Å². The van der Waals surface area contributed by atoms with Crippen LogP contribution in [0.3, 0.4) is 0 Å². The summed E-state index contributed by atoms with van der Waals surface area (Å²) in [5, 5.41) is 0. The second-order valence-corrected chi connectivity index (χ2v) is 3.25. The fourth-order valence-electron chi connectivity index (χ4n) is 0.552. The molecule has 0 aromatic heterocycles. The molecule has 0 amide bonds. The van der Waals surface area contributed by atoms with Gasteiger partial charge in [0.25, 0.3) is 0 Å². The lowest BCUT2D eigenvalue weighted by atomic mass is 10.0. The first-order chi connectivity index (χ1) is 5.60. The van der Waals surface area contributed by atoms with E-state index in [4.69, 9.17) is 5.73 Å². The molecule has 70 valence electrons. The van der Waals surface area contributed by atoms with Crippen molar-refractivity contribution in [3.8, 4) is 0 Å². The zero-order chi connectivity index (χ0) is 9.61. The molecule has 0 aliphatic carbocycles. The summed E-state index contributed by atoms with van der Waals surface area (Å²) in [6.07, 6.45) is 2.05. The van der Waals surface area contributed by atoms with Crippen LogP contribution in [0.4, 0.5) is 4.53 Å². The van der Waals surface area contributed by atoms with Crippen LogP contribution < -0.4 is 5.73 Å². The minimum absolute atomic E-state index is 0.0699. The average molecular weight is 195 g/mol. The molecule has 0 saturated carbocycles. The lowest BCUT2D eigenvalue weighted by Crippen LogP contribution is -2.50. The van der Waals surface area contributed by atoms with Crippen molar-refractivity contribution in [2.45, 2.75) is 12.0 Å². The summed E-state index contributed by atoms with van der Waals surface area (Å²) in [4.78, 5) is 23.8. The number of carbonyl (C=O) groups is 2. The maximum Gasteiger partial charge on any atom is 0.375 e. The third-order valence-corrected chi connectivity index (χ3v) is 1.99. The van der Waals surface area contributed by atoms with Crippen molar-refractivity contribution in [2.75, 3.05) is 12.0 Å². The molecule has 0 fully saturated rings. The normalized spacial score (nSPS) is 14.9. The molecular formula is C6H10FNO3S. The standard InChI is InChI=1S/C6H10FNO3S/c1-12-3-2-6(8,4-9)5(10)11-7/h4H,2-3,8H2,1H3. The molecule has 0 rings (SSSR count). The zero-order valence-corrected chi connectivity index (χ0v) is 7.40. The average Bonchev–Trinajstić information content (AvgIpc) is 2.12. The Morgan fingerprint density at radius 3 is 2.75 bits per heavy atom. The Labute approximate surface area is 73.5 Å². The molecule has 0 saturated heterocycles. The van der Waals surface area contributed by atoms with Crippen LogP contribution in [0.15, 0.2) is 0 Å². The monoisotopic (exact) mass is 195 g/mol. The second kappa shape index (κ2) is 5.10. The third kappa shape index (κ3) is 2.78. The van der Waals surface area contributed by atoms with E-state index >= 15 is 0 Å². The number of thioether (sulfide) groups is 1. The van der Waals surface area contributed by atoms with Crippen molar-refractivity contribution >= 4 is 24.0 Å². The lowest BCUT2D eigenvalue weighted by Gasteiger charge is -2.16. The van der Waals surface area contributed by atoms with Gasteiger partial charge in [-0.25, -0.2) is 4.79 Å². The van der Waals surface area contributed by atoms with Crippen molar-refractivity contribution in [2.24, 2.45) is 5.73 Å². The number of hydrogen-bond donors (Lipinski definition) is 1. The Hall–Kier alpha value is -0.620. The summed E-state index contributed by atoms with van der Waals surface area (Å²) < 4.78 is 11.4. The topological polar surface area (TPSA) is 69.4 Å². The summed E-state index contributed by atoms with van der Waals surface area (Å²) in [6, 6.07) is 0. The Morgan fingerprint density at radius 2 is 2.42 bits per heavy atom. The summed E-state index contributed by atoms with van der Waals surface area (Å²) >= 11 is 1.40. The fraction of sp³-hybridized carbons (Fsp3) is 0.667. The Morgan fingerprint density at radius 1 is 1.83 bits per heavy atom. The molecule has 0 aliphatic rings. The van der Waals surface area contributed by atoms with E-state index in [1.165, 1.54) is 11.8 Å². The van der Waals surface area contributed by atoms with Crippen LogP contribution in [0.2, 0.25) is 0 Å². The Bertz CT molecular complexity index is 178. The van der Waals surface area contributed by atoms with Gasteiger partial charge in [-0.05, 0) is 18.4 Å². The number of carbonyl (C=O) groups excluding carboxylic acids is 2. The van der Waals surface area contributed by atoms with Crippen molar-refractivity contribution in [3.63, 3.8) is 0 Å². The van der Waals surface area contributed by atoms with Crippen LogP contribution in [0.25, 0.3) is 0 Å². The van der Waals surface area contributed by atoms with Gasteiger partial charge in [0.15, 0.2) is 11.8 Å². The maximum atomic E-state index is 11.4. The van der Waals surface area contributed by atoms with Crippen LogP contribution in [0.1, 0.15) is 6.42 Å². The van der Waals surface area contributed by atoms with Gasteiger partial charge in [-0.1, -0.05) is 0 Å². The molecule has 0 bridgehead atoms. The number of hydrogen-bond acceptors (Lipinski definition) is 5. The van der Waals surface area contributed by atoms with Crippen LogP contribution in [0, 0.1) is 0 Å². The minimum Gasteiger partial charge on any atom is -0.310 e. The van der Waals surface area contributed by atoms with Gasteiger partial charge in [0.1, 0.15) is 0 Å². The van der Waals surface area contributed by atoms with E-state index in [0.717, 1.165) is 0 Å². The van der Waals surface area contributed by atoms with Crippen molar-refractivity contribution in [1.29, 1.82) is 0 Å². The van der Waals surface area contributed by atoms with E-state index in [2.05, 4.69) is 4.94 Å². The molecule has 0 aromatic carbocycles. The zero-order valence-electron chi connectivity index (χ0n) is 6.58. The van der Waals surface area contributed by atoms with Gasteiger partial charge in [-0.15, -0.1) is 0 Å². The Balaban J connectivity index is 4.23. The molecule has 0 aromatic rings. The number of halogens is 1. The second-order valence-electron chi connectivity index (χ2n) is 2.27. The summed E-state index contributed by atoms with van der Waals surface area (Å²) in [6.45, 7) is 0. The van der Waals surface area contributed by atoms with E-state index in [0.29, 0.717) is 5.75 Å². The van der Waals surface area contributed by atoms with Crippen molar-refractivity contribution in [1.82, 2.24) is 0 Å². The predicted octanol–water partition coefficient (Wildman–Crippen LogP) is 0.0636. The number of rotatable bonds is 5. The Kier molecular flexibility index (Phi) is 4.84. The molecule has 6 heteroatoms. The molecule has 0 radical (unpaired) electrons. The van der Waals surface area contributed by atoms with Crippen molar-refractivity contribution in [3.05, 3.63) is 0 Å². The SMILES string of the molecule is CSCCC(N)(C=O)C(=O)OF. The molecule has 4 nitrogen and oxygen atoms in total. The van der Waals surface area contributed by atoms with Crippen LogP contribution in [0.5, 0.6) is 0 Å². The number of aldehydes is 1. The van der Waals surface area contributed by atoms with E-state index in [9.17, 15) is 14.1 Å². The third-order valence-electron chi connectivity index (χ3n) is 1.38. The minimum atomic E-state index is -1.84. The molecule has 0 heterocycles. The van der Waals surface area contributed by atoms with Crippen LogP contribution >= 0.6 is 11.8 Å². The first-order valence-electron chi connectivity index (χ1n) is 3.18. The van der Waals surface area contributed by atoms with E-state index in [1.54, 1.807) is 6.26 Å². The molecule has 12 heavy (non-hydrogen) atoms. The molecular weight excluding hydrogens is 185 g/mol. The predicted molar refractivity (Wildman–Crippen MR) is 43.2 cm³/mol. The van der Waals surface area contributed by atoms with Gasteiger partial charge < -0.3 is 10.5 Å². The van der Waals surface area contributed by atoms with E-state index in [1.807, 2.05) is 0 Å². The van der Waals surface area contributed by atoms with E-state index in [-0.39, 0.29) is 12.7 Å². The highest BCUT2D eigenvalue weighted by molar-refractivity contribution is 7.98. The van der Waals surface area contributed by atoms with Crippen LogP contribution in [-0.4, -0.2) is 29.8 Å². The van der Waals surface area contributed by atoms with Gasteiger partial charge >= 0.3 is 5.97 Å². The smallest absolute Gasteiger partial charge is 0.310 e. The summed E-state index contributed by atoms with van der Waals surface area (Å²) in [7, 11) is 0. The molecule has 0 aliphatic heterocycles. The van der Waals surface area contributed by atoms with Gasteiger partial charge in [0.2, 0.25) is 0 Å². The number of nitrogens with two attached hydrogens (primary N) is 1. The summed E-state index contributed by atoms with van der Waals surface area (Å²) in [5.74, 6) is -0.851. The largest absolute Gasteiger partial charge is 0.375 e.